The first kappa shape index (κ1) is 27.1. The molecule has 1 aliphatic rings. The maximum Gasteiger partial charge on any atom is 0.339 e. The van der Waals surface area contributed by atoms with Crippen molar-refractivity contribution < 1.29 is 39.3 Å². The number of pyridine rings is 1. The predicted molar refractivity (Wildman–Crippen MR) is 128 cm³/mol. The van der Waals surface area contributed by atoms with Crippen LogP contribution in [0.2, 0.25) is 0 Å². The molecular formula is C23H14BrClF5NO5S. The molecule has 4 rings (SSSR count). The molecule has 0 radical (unpaired) electrons. The normalized spacial score (nSPS) is 18.2. The fraction of sp³-hybridized carbons (Fsp3) is 0.174. The molecule has 1 aromatic heterocycles. The third-order valence-electron chi connectivity index (χ3n) is 5.63. The minimum Gasteiger partial charge on any atom is -0.495 e. The first-order valence-corrected chi connectivity index (χ1v) is 12.8. The standard InChI is InChI=1S/C23H14BrClF5NO5S/c1-9-16(25)12(24)8-14(35-2)22(9)31-13-5-4-11(7-10(13)3-6-15(31)32)37(33,34)36-23-20(29)18(27)17(26)19(28)21(23)30/h3-9,16H,1-2H3. The number of benzene rings is 2. The molecule has 2 atom stereocenters. The maximum absolute atomic E-state index is 14.0. The highest BCUT2D eigenvalue weighted by molar-refractivity contribution is 9.11. The molecule has 37 heavy (non-hydrogen) atoms. The van der Waals surface area contributed by atoms with Gasteiger partial charge in [0.1, 0.15) is 10.7 Å². The van der Waals surface area contributed by atoms with Crippen molar-refractivity contribution in [2.45, 2.75) is 17.2 Å². The van der Waals surface area contributed by atoms with Crippen LogP contribution in [-0.2, 0) is 14.9 Å². The van der Waals surface area contributed by atoms with E-state index < -0.39 is 66.7 Å². The molecule has 2 aromatic carbocycles. The summed E-state index contributed by atoms with van der Waals surface area (Å²) in [5.74, 6) is -14.2. The van der Waals surface area contributed by atoms with Gasteiger partial charge in [-0.1, -0.05) is 22.9 Å². The molecule has 1 aliphatic carbocycles. The number of aromatic nitrogens is 1. The molecule has 0 fully saturated rings. The van der Waals surface area contributed by atoms with Gasteiger partial charge in [-0.15, -0.1) is 11.6 Å². The lowest BCUT2D eigenvalue weighted by molar-refractivity contribution is 0.301. The van der Waals surface area contributed by atoms with Crippen molar-refractivity contribution in [3.05, 3.63) is 86.1 Å². The number of nitrogens with zero attached hydrogens (tertiary/aromatic N) is 1. The van der Waals surface area contributed by atoms with Crippen molar-refractivity contribution in [1.29, 1.82) is 0 Å². The minimum absolute atomic E-state index is 0.164. The second kappa shape index (κ2) is 9.76. The second-order valence-electron chi connectivity index (χ2n) is 7.84. The Labute approximate surface area is 219 Å². The van der Waals surface area contributed by atoms with E-state index in [1.165, 1.54) is 23.8 Å². The monoisotopic (exact) mass is 625 g/mol. The number of halogens is 7. The summed E-state index contributed by atoms with van der Waals surface area (Å²) in [6.45, 7) is 1.75. The predicted octanol–water partition coefficient (Wildman–Crippen LogP) is 5.82. The number of allylic oxidation sites excluding steroid dienone is 3. The van der Waals surface area contributed by atoms with Crippen molar-refractivity contribution >= 4 is 54.2 Å². The highest BCUT2D eigenvalue weighted by Crippen LogP contribution is 2.39. The third-order valence-corrected chi connectivity index (χ3v) is 8.45. The van der Waals surface area contributed by atoms with Crippen molar-refractivity contribution in [3.63, 3.8) is 0 Å². The van der Waals surface area contributed by atoms with Gasteiger partial charge in [-0.3, -0.25) is 9.36 Å². The Hall–Kier alpha value is -2.90. The first-order chi connectivity index (χ1) is 17.3. The number of rotatable bonds is 5. The van der Waals surface area contributed by atoms with Gasteiger partial charge < -0.3 is 8.92 Å². The van der Waals surface area contributed by atoms with E-state index in [4.69, 9.17) is 16.3 Å². The lowest BCUT2D eigenvalue weighted by Gasteiger charge is -2.29. The van der Waals surface area contributed by atoms with Gasteiger partial charge in [0.05, 0.1) is 23.7 Å². The van der Waals surface area contributed by atoms with Crippen LogP contribution in [0.4, 0.5) is 22.0 Å². The molecule has 3 aromatic rings. The van der Waals surface area contributed by atoms with Crippen LogP contribution in [0.3, 0.4) is 0 Å². The van der Waals surface area contributed by atoms with E-state index in [0.29, 0.717) is 15.9 Å². The van der Waals surface area contributed by atoms with Crippen LogP contribution >= 0.6 is 27.5 Å². The zero-order valence-corrected chi connectivity index (χ0v) is 21.8. The van der Waals surface area contributed by atoms with Crippen molar-refractivity contribution in [2.24, 2.45) is 5.92 Å². The van der Waals surface area contributed by atoms with Crippen LogP contribution in [0, 0.1) is 35.0 Å². The molecule has 0 spiro atoms. The van der Waals surface area contributed by atoms with Crippen molar-refractivity contribution in [1.82, 2.24) is 4.57 Å². The molecule has 0 saturated carbocycles. The van der Waals surface area contributed by atoms with E-state index in [9.17, 15) is 35.2 Å². The fourth-order valence-electron chi connectivity index (χ4n) is 3.80. The van der Waals surface area contributed by atoms with Gasteiger partial charge in [0, 0.05) is 21.9 Å². The highest BCUT2D eigenvalue weighted by atomic mass is 79.9. The van der Waals surface area contributed by atoms with E-state index in [1.54, 1.807) is 13.0 Å². The van der Waals surface area contributed by atoms with E-state index >= 15 is 0 Å². The second-order valence-corrected chi connectivity index (χ2v) is 10.8. The molecule has 196 valence electrons. The van der Waals surface area contributed by atoms with Crippen LogP contribution in [0.5, 0.6) is 5.75 Å². The van der Waals surface area contributed by atoms with Crippen molar-refractivity contribution in [2.75, 3.05) is 7.11 Å². The molecule has 0 bridgehead atoms. The number of methoxy groups -OCH3 is 1. The molecule has 0 N–H and O–H groups in total. The van der Waals surface area contributed by atoms with Gasteiger partial charge in [-0.05, 0) is 30.3 Å². The Morgan fingerprint density at radius 2 is 1.57 bits per heavy atom. The molecular weight excluding hydrogens is 613 g/mol. The Morgan fingerprint density at radius 1 is 0.973 bits per heavy atom. The van der Waals surface area contributed by atoms with Gasteiger partial charge in [0.25, 0.3) is 5.56 Å². The van der Waals surface area contributed by atoms with Gasteiger partial charge in [-0.25, -0.2) is 13.2 Å². The lowest BCUT2D eigenvalue weighted by atomic mass is 9.96. The number of alkyl halides is 1. The Kier molecular flexibility index (Phi) is 7.16. The van der Waals surface area contributed by atoms with Crippen LogP contribution in [-0.4, -0.2) is 25.5 Å². The van der Waals surface area contributed by atoms with E-state index in [0.717, 1.165) is 18.2 Å². The Bertz CT molecular complexity index is 1660. The number of hydrogen-bond donors (Lipinski definition) is 0. The summed E-state index contributed by atoms with van der Waals surface area (Å²) in [6, 6.07) is 5.61. The van der Waals surface area contributed by atoms with Crippen LogP contribution in [0.1, 0.15) is 6.92 Å². The van der Waals surface area contributed by atoms with E-state index in [2.05, 4.69) is 20.1 Å². The summed E-state index contributed by atoms with van der Waals surface area (Å²) < 4.78 is 105. The zero-order chi connectivity index (χ0) is 27.4. The van der Waals surface area contributed by atoms with E-state index in [-0.39, 0.29) is 10.9 Å². The van der Waals surface area contributed by atoms with Crippen LogP contribution in [0.15, 0.2) is 56.3 Å². The maximum atomic E-state index is 14.0. The third kappa shape index (κ3) is 4.53. The summed E-state index contributed by atoms with van der Waals surface area (Å²) in [5, 5.41) is -0.387. The fourth-order valence-corrected chi connectivity index (χ4v) is 5.56. The van der Waals surface area contributed by atoms with Gasteiger partial charge in [-0.2, -0.15) is 17.2 Å². The SMILES string of the molecule is COC1=C(n2c(=O)ccc3cc(S(=O)(=O)Oc4c(F)c(F)c(F)c(F)c4F)ccc32)C(C)C(Cl)C(Br)=C1. The number of fused-ring (bicyclic) bond motifs is 1. The summed E-state index contributed by atoms with van der Waals surface area (Å²) in [6.07, 6.45) is 1.59. The Balaban J connectivity index is 1.87. The lowest BCUT2D eigenvalue weighted by Crippen LogP contribution is -2.29. The van der Waals surface area contributed by atoms with Crippen LogP contribution in [0.25, 0.3) is 16.6 Å². The highest BCUT2D eigenvalue weighted by Gasteiger charge is 2.33. The summed E-state index contributed by atoms with van der Waals surface area (Å²) in [7, 11) is -3.69. The molecule has 0 saturated heterocycles. The molecule has 6 nitrogen and oxygen atoms in total. The van der Waals surface area contributed by atoms with Gasteiger partial charge >= 0.3 is 10.1 Å². The Morgan fingerprint density at radius 3 is 2.16 bits per heavy atom. The molecule has 1 heterocycles. The quantitative estimate of drug-likeness (QED) is 0.117. The molecule has 2 unspecified atom stereocenters. The smallest absolute Gasteiger partial charge is 0.339 e. The number of ether oxygens (including phenoxy) is 1. The topological polar surface area (TPSA) is 74.6 Å². The van der Waals surface area contributed by atoms with Gasteiger partial charge in [0.15, 0.2) is 0 Å². The molecule has 0 amide bonds. The first-order valence-electron chi connectivity index (χ1n) is 10.2. The molecule has 14 heteroatoms. The zero-order valence-electron chi connectivity index (χ0n) is 18.7. The minimum atomic E-state index is -5.08. The van der Waals surface area contributed by atoms with Gasteiger partial charge in [0.2, 0.25) is 34.8 Å². The summed E-state index contributed by atoms with van der Waals surface area (Å²) >= 11 is 9.80. The number of hydrogen-bond acceptors (Lipinski definition) is 5. The average Bonchev–Trinajstić information content (AvgIpc) is 2.87. The van der Waals surface area contributed by atoms with E-state index in [1.807, 2.05) is 0 Å². The van der Waals surface area contributed by atoms with Crippen molar-refractivity contribution in [3.8, 4) is 5.75 Å². The summed E-state index contributed by atoms with van der Waals surface area (Å²) in [4.78, 5) is 12.2. The summed E-state index contributed by atoms with van der Waals surface area (Å²) in [5.41, 5.74) is 0.108. The molecule has 0 aliphatic heterocycles. The average molecular weight is 627 g/mol. The van der Waals surface area contributed by atoms with Crippen LogP contribution < -0.4 is 9.74 Å². The largest absolute Gasteiger partial charge is 0.495 e.